The van der Waals surface area contributed by atoms with Crippen molar-refractivity contribution in [1.82, 2.24) is 0 Å². The smallest absolute Gasteiger partial charge is 0.462 e. The largest absolute Gasteiger partial charge is 0.472 e. The minimum Gasteiger partial charge on any atom is -0.462 e. The summed E-state index contributed by atoms with van der Waals surface area (Å²) in [5.41, 5.74) is 0. The number of aliphatic hydroxyl groups is 1. The van der Waals surface area contributed by atoms with E-state index < -0.39 is 97.5 Å². The van der Waals surface area contributed by atoms with Gasteiger partial charge in [-0.2, -0.15) is 0 Å². The Kier molecular flexibility index (Phi) is 71.4. The minimum absolute atomic E-state index is 0.0713. The predicted molar refractivity (Wildman–Crippen MR) is 418 cm³/mol. The third kappa shape index (κ3) is 73.8. The molecule has 17 nitrogen and oxygen atoms in total. The van der Waals surface area contributed by atoms with Crippen LogP contribution in [-0.2, 0) is 65.4 Å². The maximum Gasteiger partial charge on any atom is 0.472 e. The molecule has 0 rings (SSSR count). The zero-order chi connectivity index (χ0) is 74.6. The van der Waals surface area contributed by atoms with Gasteiger partial charge < -0.3 is 33.8 Å². The second-order valence-electron chi connectivity index (χ2n) is 26.2. The molecule has 0 aromatic carbocycles. The number of carbonyl (C=O) groups excluding carboxylic acids is 4. The van der Waals surface area contributed by atoms with Crippen molar-refractivity contribution >= 4 is 39.5 Å². The first kappa shape index (κ1) is 97.5. The number of phosphoric ester groups is 2. The average Bonchev–Trinajstić information content (AvgIpc) is 0.907. The Bertz CT molecular complexity index is 2410. The molecule has 0 heterocycles. The first-order chi connectivity index (χ1) is 49.7. The van der Waals surface area contributed by atoms with Gasteiger partial charge in [-0.1, -0.05) is 290 Å². The number of aliphatic hydroxyl groups excluding tert-OH is 1. The lowest BCUT2D eigenvalue weighted by atomic mass is 10.0. The van der Waals surface area contributed by atoms with Crippen LogP contribution in [0.2, 0.25) is 0 Å². The second-order valence-corrected chi connectivity index (χ2v) is 29.2. The zero-order valence-electron chi connectivity index (χ0n) is 64.0. The highest BCUT2D eigenvalue weighted by Gasteiger charge is 2.30. The summed E-state index contributed by atoms with van der Waals surface area (Å²) in [6.45, 7) is 4.57. The lowest BCUT2D eigenvalue weighted by Gasteiger charge is -2.21. The van der Waals surface area contributed by atoms with Crippen molar-refractivity contribution in [3.05, 3.63) is 122 Å². The zero-order valence-corrected chi connectivity index (χ0v) is 65.8. The maximum absolute atomic E-state index is 13.1. The predicted octanol–water partition coefficient (Wildman–Crippen LogP) is 23.1. The van der Waals surface area contributed by atoms with Gasteiger partial charge in [0.05, 0.1) is 26.4 Å². The molecule has 0 saturated carbocycles. The van der Waals surface area contributed by atoms with E-state index in [0.29, 0.717) is 32.1 Å². The van der Waals surface area contributed by atoms with Crippen LogP contribution in [0, 0.1) is 0 Å². The number of carbonyl (C=O) groups is 4. The van der Waals surface area contributed by atoms with Crippen molar-refractivity contribution < 1.29 is 80.2 Å². The van der Waals surface area contributed by atoms with E-state index in [0.717, 1.165) is 161 Å². The molecule has 0 radical (unpaired) electrons. The van der Waals surface area contributed by atoms with E-state index in [4.69, 9.17) is 37.0 Å². The van der Waals surface area contributed by atoms with Crippen LogP contribution in [-0.4, -0.2) is 96.7 Å². The SMILES string of the molecule is CC/C=C\C/C=C\C/C=C\C/C=C\C/C=C\CCCC(=O)OCC(COP(=O)(O)OCC(O)COP(=O)(O)OCC(COC(=O)CCCCCCCC/C=C\C/C=C\C/C=C\C/C=C\CC)OC(=O)CCCCCCCCCCCCCCC)OC(=O)CCCCCCC/C=C\CCCCCC. The lowest BCUT2D eigenvalue weighted by Crippen LogP contribution is -2.30. The van der Waals surface area contributed by atoms with Gasteiger partial charge in [-0.05, 0) is 128 Å². The van der Waals surface area contributed by atoms with Crippen molar-refractivity contribution in [2.45, 2.75) is 341 Å². The Balaban J connectivity index is 5.38. The standard InChI is InChI=1S/C83H142O17P2/c1-5-9-13-17-21-25-29-33-35-37-38-40-42-46-48-52-56-60-64-68-81(86)94-74-79(100-83(88)70-66-62-58-54-50-44-32-28-24-20-16-12-8-4)76-98-102(91,92)96-72-77(84)71-95-101(89,90)97-75-78(99-82(87)69-65-61-57-53-49-43-31-27-23-19-15-11-7-3)73-93-80(85)67-63-59-55-51-47-45-41-39-36-34-30-26-22-18-14-10-6-2/h9-10,13-14,21-22,25-27,31,33-36,38,40-41,45,51,55,77-79,84H,5-8,11-12,15-20,23-24,28-30,32,37,39,42-44,46-50,52-54,56-76H2,1-4H3,(H,89,90)(H,91,92)/b13-9-,14-10-,25-21-,26-22-,31-27-,35-33-,36-34-,40-38-,45-41-,55-51-. The van der Waals surface area contributed by atoms with Crippen molar-refractivity contribution in [2.24, 2.45) is 0 Å². The fourth-order valence-electron chi connectivity index (χ4n) is 10.4. The molecular weight excluding hydrogens is 1330 g/mol. The monoisotopic (exact) mass is 1470 g/mol. The number of phosphoric acid groups is 2. The summed E-state index contributed by atoms with van der Waals surface area (Å²) >= 11 is 0. The summed E-state index contributed by atoms with van der Waals surface area (Å²) in [6, 6.07) is 0. The third-order valence-corrected chi connectivity index (χ3v) is 18.3. The number of esters is 4. The first-order valence-corrected chi connectivity index (χ1v) is 42.8. The van der Waals surface area contributed by atoms with Crippen molar-refractivity contribution in [3.8, 4) is 0 Å². The summed E-state index contributed by atoms with van der Waals surface area (Å²) in [6.07, 6.45) is 81.8. The summed E-state index contributed by atoms with van der Waals surface area (Å²) in [5.74, 6) is -2.26. The molecule has 0 fully saturated rings. The van der Waals surface area contributed by atoms with E-state index in [1.807, 2.05) is 12.2 Å². The highest BCUT2D eigenvalue weighted by molar-refractivity contribution is 7.47. The highest BCUT2D eigenvalue weighted by Crippen LogP contribution is 2.45. The molecule has 0 aliphatic rings. The molecule has 5 unspecified atom stereocenters. The van der Waals surface area contributed by atoms with E-state index in [-0.39, 0.29) is 25.7 Å². The molecule has 3 N–H and O–H groups in total. The highest BCUT2D eigenvalue weighted by atomic mass is 31.2. The molecule has 19 heteroatoms. The molecule has 5 atom stereocenters. The van der Waals surface area contributed by atoms with E-state index in [1.165, 1.54) is 77.0 Å². The average molecular weight is 1470 g/mol. The van der Waals surface area contributed by atoms with Crippen molar-refractivity contribution in [2.75, 3.05) is 39.6 Å². The molecule has 0 saturated heterocycles. The lowest BCUT2D eigenvalue weighted by molar-refractivity contribution is -0.161. The fraction of sp³-hybridized carbons (Fsp3) is 0.711. The number of unbranched alkanes of at least 4 members (excludes halogenated alkanes) is 28. The van der Waals surface area contributed by atoms with E-state index in [2.05, 4.69) is 137 Å². The molecule has 0 aliphatic heterocycles. The third-order valence-electron chi connectivity index (χ3n) is 16.4. The van der Waals surface area contributed by atoms with Crippen LogP contribution >= 0.6 is 15.6 Å². The van der Waals surface area contributed by atoms with Crippen molar-refractivity contribution in [3.63, 3.8) is 0 Å². The van der Waals surface area contributed by atoms with Crippen LogP contribution < -0.4 is 0 Å². The number of rotatable bonds is 74. The fourth-order valence-corrected chi connectivity index (χ4v) is 12.0. The van der Waals surface area contributed by atoms with Crippen LogP contribution in [0.5, 0.6) is 0 Å². The molecule has 0 bridgehead atoms. The summed E-state index contributed by atoms with van der Waals surface area (Å²) < 4.78 is 68.5. The Morgan fingerprint density at radius 3 is 0.843 bits per heavy atom. The van der Waals surface area contributed by atoms with Gasteiger partial charge >= 0.3 is 39.5 Å². The number of hydrogen-bond donors (Lipinski definition) is 3. The topological polar surface area (TPSA) is 237 Å². The number of ether oxygens (including phenoxy) is 4. The van der Waals surface area contributed by atoms with Gasteiger partial charge in [0, 0.05) is 25.7 Å². The Morgan fingerprint density at radius 2 is 0.520 bits per heavy atom. The Morgan fingerprint density at radius 1 is 0.284 bits per heavy atom. The number of hydrogen-bond acceptors (Lipinski definition) is 15. The first-order valence-electron chi connectivity index (χ1n) is 39.8. The van der Waals surface area contributed by atoms with Gasteiger partial charge in [0.25, 0.3) is 0 Å². The molecule has 0 aromatic heterocycles. The summed E-state index contributed by atoms with van der Waals surface area (Å²) in [5, 5.41) is 10.6. The van der Waals surface area contributed by atoms with Gasteiger partial charge in [-0.25, -0.2) is 9.13 Å². The number of allylic oxidation sites excluding steroid dienone is 20. The molecule has 102 heavy (non-hydrogen) atoms. The molecule has 586 valence electrons. The van der Waals surface area contributed by atoms with Crippen LogP contribution in [0.1, 0.15) is 323 Å². The summed E-state index contributed by atoms with van der Waals surface area (Å²) in [4.78, 5) is 73.0. The van der Waals surface area contributed by atoms with Gasteiger partial charge in [0.2, 0.25) is 0 Å². The Hall–Kier alpha value is -4.54. The van der Waals surface area contributed by atoms with Gasteiger partial charge in [0.15, 0.2) is 12.2 Å². The minimum atomic E-state index is -4.99. The quantitative estimate of drug-likeness (QED) is 0.0169. The molecule has 0 aromatic rings. The molecule has 0 aliphatic carbocycles. The Labute approximate surface area is 619 Å². The maximum atomic E-state index is 13.1. The van der Waals surface area contributed by atoms with Crippen LogP contribution in [0.4, 0.5) is 0 Å². The van der Waals surface area contributed by atoms with Crippen molar-refractivity contribution in [1.29, 1.82) is 0 Å². The van der Waals surface area contributed by atoms with Gasteiger partial charge in [-0.15, -0.1) is 0 Å². The normalized spacial score (nSPS) is 14.5. The van der Waals surface area contributed by atoms with Crippen LogP contribution in [0.25, 0.3) is 0 Å². The second kappa shape index (κ2) is 74.7. The molecule has 0 spiro atoms. The van der Waals surface area contributed by atoms with Crippen LogP contribution in [0.15, 0.2) is 122 Å². The molecule has 0 amide bonds. The van der Waals surface area contributed by atoms with Gasteiger partial charge in [0.1, 0.15) is 19.3 Å². The molecular formula is C83H142O17P2. The van der Waals surface area contributed by atoms with E-state index in [1.54, 1.807) is 0 Å². The summed E-state index contributed by atoms with van der Waals surface area (Å²) in [7, 11) is -9.97. The van der Waals surface area contributed by atoms with Gasteiger partial charge in [-0.3, -0.25) is 37.3 Å². The van der Waals surface area contributed by atoms with E-state index in [9.17, 15) is 43.2 Å². The van der Waals surface area contributed by atoms with E-state index >= 15 is 0 Å². The van der Waals surface area contributed by atoms with Crippen LogP contribution in [0.3, 0.4) is 0 Å².